The van der Waals surface area contributed by atoms with Gasteiger partial charge in [-0.1, -0.05) is 73.0 Å². The van der Waals surface area contributed by atoms with Crippen LogP contribution < -0.4 is 19.1 Å². The molecule has 9 nitrogen and oxygen atoms in total. The quantitative estimate of drug-likeness (QED) is 0.173. The zero-order valence-corrected chi connectivity index (χ0v) is 28.8. The summed E-state index contributed by atoms with van der Waals surface area (Å²) in [6.07, 6.45) is 3.88. The van der Waals surface area contributed by atoms with Crippen molar-refractivity contribution in [2.45, 2.75) is 62.6 Å². The first-order valence-corrected chi connectivity index (χ1v) is 17.7. The third-order valence-corrected chi connectivity index (χ3v) is 10.6. The molecule has 49 heavy (non-hydrogen) atoms. The average molecular weight is 688 g/mol. The van der Waals surface area contributed by atoms with Gasteiger partial charge in [0.1, 0.15) is 18.4 Å². The Bertz CT molecular complexity index is 1830. The molecule has 1 atom stereocenters. The smallest absolute Gasteiger partial charge is 0.264 e. The molecule has 4 aromatic rings. The third-order valence-electron chi connectivity index (χ3n) is 8.78. The number of nitrogens with one attached hydrogen (secondary N) is 1. The predicted molar refractivity (Wildman–Crippen MR) is 187 cm³/mol. The van der Waals surface area contributed by atoms with Crippen molar-refractivity contribution in [2.24, 2.45) is 0 Å². The van der Waals surface area contributed by atoms with Crippen LogP contribution in [0.3, 0.4) is 0 Å². The number of carbonyl (C=O) groups is 2. The van der Waals surface area contributed by atoms with E-state index in [1.165, 1.54) is 49.5 Å². The number of sulfonamides is 1. The topological polar surface area (TPSA) is 105 Å². The number of benzene rings is 4. The van der Waals surface area contributed by atoms with Crippen LogP contribution >= 0.6 is 0 Å². The fourth-order valence-corrected chi connectivity index (χ4v) is 7.46. The first kappa shape index (κ1) is 35.4. The summed E-state index contributed by atoms with van der Waals surface area (Å²) < 4.78 is 54.5. The van der Waals surface area contributed by atoms with Gasteiger partial charge >= 0.3 is 0 Å². The molecular weight excluding hydrogens is 645 g/mol. The Morgan fingerprint density at radius 3 is 2.14 bits per heavy atom. The van der Waals surface area contributed by atoms with Crippen LogP contribution in [-0.2, 0) is 32.6 Å². The van der Waals surface area contributed by atoms with Crippen LogP contribution in [0.2, 0.25) is 0 Å². The van der Waals surface area contributed by atoms with Gasteiger partial charge in [0.05, 0.1) is 24.8 Å². The van der Waals surface area contributed by atoms with E-state index in [1.807, 2.05) is 37.3 Å². The molecule has 0 saturated heterocycles. The van der Waals surface area contributed by atoms with Crippen LogP contribution in [0.4, 0.5) is 10.1 Å². The Kier molecular flexibility index (Phi) is 11.6. The molecule has 0 radical (unpaired) electrons. The number of aryl methyl sites for hydroxylation is 1. The SMILES string of the molecule is COc1ccc(N(CC(=O)N(Cc2ccc(F)cc2)C(Cc2ccccc2)C(=O)NC2CCCC2)S(=O)(=O)c2ccc(C)cc2)cc1OC. The minimum atomic E-state index is -4.31. The van der Waals surface area contributed by atoms with Gasteiger partial charge in [0, 0.05) is 25.1 Å². The number of hydrogen-bond acceptors (Lipinski definition) is 6. The van der Waals surface area contributed by atoms with E-state index in [2.05, 4.69) is 5.32 Å². The number of ether oxygens (including phenoxy) is 2. The largest absolute Gasteiger partial charge is 0.493 e. The van der Waals surface area contributed by atoms with Crippen molar-refractivity contribution >= 4 is 27.5 Å². The molecule has 1 unspecified atom stereocenters. The van der Waals surface area contributed by atoms with Crippen LogP contribution in [-0.4, -0.2) is 58.0 Å². The van der Waals surface area contributed by atoms with Crippen LogP contribution in [0.5, 0.6) is 11.5 Å². The van der Waals surface area contributed by atoms with E-state index >= 15 is 0 Å². The standard InChI is InChI=1S/C38H42FN3O6S/c1-27-13-20-33(21-14-27)49(45,46)42(32-19-22-35(47-2)36(24-32)48-3)26-37(43)41(25-29-15-17-30(39)18-16-29)34(23-28-9-5-4-6-10-28)38(44)40-31-11-7-8-12-31/h4-6,9-10,13-22,24,31,34H,7-8,11-12,23,25-26H2,1-3H3,(H,40,44). The van der Waals surface area contributed by atoms with Gasteiger partial charge in [0.15, 0.2) is 11.5 Å². The van der Waals surface area contributed by atoms with Gasteiger partial charge in [-0.25, -0.2) is 12.8 Å². The normalized spacial score (nSPS) is 13.8. The number of carbonyl (C=O) groups excluding carboxylic acids is 2. The Balaban J connectivity index is 1.59. The van der Waals surface area contributed by atoms with Crippen molar-refractivity contribution < 1.29 is 31.9 Å². The van der Waals surface area contributed by atoms with Crippen LogP contribution in [0, 0.1) is 12.7 Å². The maximum atomic E-state index is 14.7. The molecule has 1 aliphatic rings. The van der Waals surface area contributed by atoms with Gasteiger partial charge in [-0.05, 0) is 67.3 Å². The number of halogens is 1. The first-order valence-electron chi connectivity index (χ1n) is 16.3. The number of rotatable bonds is 14. The minimum Gasteiger partial charge on any atom is -0.493 e. The van der Waals surface area contributed by atoms with Gasteiger partial charge in [-0.2, -0.15) is 0 Å². The van der Waals surface area contributed by atoms with Crippen molar-refractivity contribution in [3.8, 4) is 11.5 Å². The van der Waals surface area contributed by atoms with E-state index in [9.17, 15) is 22.4 Å². The van der Waals surface area contributed by atoms with E-state index in [1.54, 1.807) is 36.4 Å². The molecule has 1 saturated carbocycles. The fourth-order valence-electron chi connectivity index (χ4n) is 6.05. The third kappa shape index (κ3) is 8.77. The second-order valence-electron chi connectivity index (χ2n) is 12.2. The highest BCUT2D eigenvalue weighted by Crippen LogP contribution is 2.34. The molecule has 11 heteroatoms. The lowest BCUT2D eigenvalue weighted by atomic mass is 10.0. The van der Waals surface area contributed by atoms with Crippen LogP contribution in [0.1, 0.15) is 42.4 Å². The Morgan fingerprint density at radius 1 is 0.857 bits per heavy atom. The number of nitrogens with zero attached hydrogens (tertiary/aromatic N) is 2. The molecule has 1 N–H and O–H groups in total. The lowest BCUT2D eigenvalue weighted by molar-refractivity contribution is -0.140. The van der Waals surface area contributed by atoms with E-state index in [-0.39, 0.29) is 41.2 Å². The van der Waals surface area contributed by atoms with Crippen molar-refractivity contribution in [1.29, 1.82) is 0 Å². The molecule has 0 spiro atoms. The van der Waals surface area contributed by atoms with E-state index in [0.29, 0.717) is 11.3 Å². The zero-order valence-electron chi connectivity index (χ0n) is 28.0. The highest BCUT2D eigenvalue weighted by atomic mass is 32.2. The summed E-state index contributed by atoms with van der Waals surface area (Å²) in [5, 5.41) is 3.15. The summed E-state index contributed by atoms with van der Waals surface area (Å²) in [7, 11) is -1.40. The van der Waals surface area contributed by atoms with Crippen LogP contribution in [0.25, 0.3) is 0 Å². The van der Waals surface area contributed by atoms with E-state index < -0.39 is 34.3 Å². The van der Waals surface area contributed by atoms with Gasteiger partial charge in [0.25, 0.3) is 10.0 Å². The Labute approximate surface area is 287 Å². The number of anilines is 1. The highest BCUT2D eigenvalue weighted by molar-refractivity contribution is 7.92. The summed E-state index contributed by atoms with van der Waals surface area (Å²) >= 11 is 0. The minimum absolute atomic E-state index is 0.00872. The number of hydrogen-bond donors (Lipinski definition) is 1. The zero-order chi connectivity index (χ0) is 35.0. The van der Waals surface area contributed by atoms with Crippen molar-refractivity contribution in [2.75, 3.05) is 25.1 Å². The van der Waals surface area contributed by atoms with Crippen molar-refractivity contribution in [3.63, 3.8) is 0 Å². The molecule has 0 aromatic heterocycles. The number of amides is 2. The monoisotopic (exact) mass is 687 g/mol. The van der Waals surface area contributed by atoms with Gasteiger partial charge < -0.3 is 19.7 Å². The Hall–Kier alpha value is -4.90. The molecule has 4 aromatic carbocycles. The van der Waals surface area contributed by atoms with Crippen LogP contribution in [0.15, 0.2) is 102 Å². The number of methoxy groups -OCH3 is 2. The molecule has 1 aliphatic carbocycles. The summed E-state index contributed by atoms with van der Waals surface area (Å²) in [6, 6.07) is 25.0. The lowest BCUT2D eigenvalue weighted by Gasteiger charge is -2.34. The molecular formula is C38H42FN3O6S. The summed E-state index contributed by atoms with van der Waals surface area (Å²) in [5.74, 6) is -0.722. The highest BCUT2D eigenvalue weighted by Gasteiger charge is 2.36. The van der Waals surface area contributed by atoms with Gasteiger partial charge in [-0.15, -0.1) is 0 Å². The molecule has 258 valence electrons. The second-order valence-corrected chi connectivity index (χ2v) is 14.1. The van der Waals surface area contributed by atoms with E-state index in [0.717, 1.165) is 41.1 Å². The first-order chi connectivity index (χ1) is 23.6. The molecule has 5 rings (SSSR count). The molecule has 0 bridgehead atoms. The summed E-state index contributed by atoms with van der Waals surface area (Å²) in [5.41, 5.74) is 2.45. The maximum absolute atomic E-state index is 14.7. The molecule has 2 amide bonds. The Morgan fingerprint density at radius 2 is 1.51 bits per heavy atom. The molecule has 1 fully saturated rings. The fraction of sp³-hybridized carbons (Fsp3) is 0.316. The summed E-state index contributed by atoms with van der Waals surface area (Å²) in [6.45, 7) is 1.16. The summed E-state index contributed by atoms with van der Waals surface area (Å²) in [4.78, 5) is 30.2. The van der Waals surface area contributed by atoms with Gasteiger partial charge in [0.2, 0.25) is 11.8 Å². The van der Waals surface area contributed by atoms with E-state index in [4.69, 9.17) is 9.47 Å². The second kappa shape index (κ2) is 16.0. The van der Waals surface area contributed by atoms with Crippen molar-refractivity contribution in [3.05, 3.63) is 120 Å². The molecule has 0 aliphatic heterocycles. The predicted octanol–water partition coefficient (Wildman–Crippen LogP) is 6.05. The molecule has 0 heterocycles. The maximum Gasteiger partial charge on any atom is 0.264 e. The lowest BCUT2D eigenvalue weighted by Crippen LogP contribution is -2.54. The van der Waals surface area contributed by atoms with Gasteiger partial charge in [-0.3, -0.25) is 13.9 Å². The average Bonchev–Trinajstić information content (AvgIpc) is 3.62. The van der Waals surface area contributed by atoms with Crippen molar-refractivity contribution in [1.82, 2.24) is 10.2 Å².